The first-order valence-corrected chi connectivity index (χ1v) is 7.31. The van der Waals surface area contributed by atoms with Crippen molar-refractivity contribution in [1.29, 1.82) is 0 Å². The van der Waals surface area contributed by atoms with E-state index in [0.717, 1.165) is 24.3 Å². The molecule has 0 aliphatic heterocycles. The van der Waals surface area contributed by atoms with Crippen molar-refractivity contribution in [2.45, 2.75) is 57.8 Å². The minimum absolute atomic E-state index is 0.249. The number of guanidine groups is 1. The van der Waals surface area contributed by atoms with Crippen molar-refractivity contribution in [1.82, 2.24) is 0 Å². The molecular weight excluding hydrogens is 210 g/mol. The molecule has 0 aromatic rings. The predicted molar refractivity (Wildman–Crippen MR) is 72.7 cm³/mol. The van der Waals surface area contributed by atoms with Crippen LogP contribution >= 0.6 is 0 Å². The molecule has 0 bridgehead atoms. The molecule has 0 aromatic heterocycles. The van der Waals surface area contributed by atoms with Gasteiger partial charge < -0.3 is 11.5 Å². The third-order valence-corrected chi connectivity index (χ3v) is 4.74. The van der Waals surface area contributed by atoms with Gasteiger partial charge in [-0.15, -0.1) is 0 Å². The van der Waals surface area contributed by atoms with Crippen LogP contribution in [0.1, 0.15) is 57.8 Å². The number of aliphatic imine (C=N–C) groups is 1. The Bertz CT molecular complexity index is 244. The van der Waals surface area contributed by atoms with Gasteiger partial charge in [0.1, 0.15) is 0 Å². The number of rotatable bonds is 3. The summed E-state index contributed by atoms with van der Waals surface area (Å²) in [5, 5.41) is 0. The van der Waals surface area contributed by atoms with Crippen LogP contribution in [0.15, 0.2) is 4.99 Å². The van der Waals surface area contributed by atoms with Gasteiger partial charge in [0.15, 0.2) is 5.96 Å². The van der Waals surface area contributed by atoms with Crippen LogP contribution in [0.4, 0.5) is 0 Å². The highest BCUT2D eigenvalue weighted by molar-refractivity contribution is 5.75. The lowest BCUT2D eigenvalue weighted by Crippen LogP contribution is -2.27. The van der Waals surface area contributed by atoms with Gasteiger partial charge in [0.05, 0.1) is 0 Å². The Morgan fingerprint density at radius 3 is 2.00 bits per heavy atom. The fourth-order valence-corrected chi connectivity index (χ4v) is 3.68. The molecule has 0 amide bonds. The molecule has 0 aromatic carbocycles. The molecule has 3 heteroatoms. The van der Waals surface area contributed by atoms with E-state index in [0.29, 0.717) is 0 Å². The van der Waals surface area contributed by atoms with E-state index in [9.17, 15) is 0 Å². The normalized spacial score (nSPS) is 31.1. The highest BCUT2D eigenvalue weighted by Gasteiger charge is 2.28. The zero-order chi connectivity index (χ0) is 12.1. The number of nitrogens with two attached hydrogens (primary N) is 2. The Hall–Kier alpha value is -0.730. The largest absolute Gasteiger partial charge is 0.370 e. The van der Waals surface area contributed by atoms with E-state index < -0.39 is 0 Å². The Morgan fingerprint density at radius 1 is 0.824 bits per heavy atom. The van der Waals surface area contributed by atoms with E-state index in [4.69, 9.17) is 11.5 Å². The summed E-state index contributed by atoms with van der Waals surface area (Å²) in [6, 6.07) is 0. The molecule has 0 unspecified atom stereocenters. The molecule has 17 heavy (non-hydrogen) atoms. The average molecular weight is 237 g/mol. The standard InChI is InChI=1S/C14H27N3/c15-14(16)17-10-11-6-8-13(9-7-11)12-4-2-1-3-5-12/h11-13H,1-10H2,(H4,15,16,17). The minimum atomic E-state index is 0.249. The van der Waals surface area contributed by atoms with Crippen LogP contribution < -0.4 is 11.5 Å². The molecule has 0 saturated heterocycles. The average Bonchev–Trinajstić information content (AvgIpc) is 2.38. The lowest BCUT2D eigenvalue weighted by Gasteiger charge is -2.35. The van der Waals surface area contributed by atoms with Gasteiger partial charge in [-0.25, -0.2) is 0 Å². The summed E-state index contributed by atoms with van der Waals surface area (Å²) in [7, 11) is 0. The quantitative estimate of drug-likeness (QED) is 0.585. The molecule has 0 radical (unpaired) electrons. The number of hydrogen-bond acceptors (Lipinski definition) is 1. The molecule has 3 nitrogen and oxygen atoms in total. The Morgan fingerprint density at radius 2 is 1.41 bits per heavy atom. The van der Waals surface area contributed by atoms with Crippen LogP contribution in [0.3, 0.4) is 0 Å². The maximum atomic E-state index is 5.38. The molecule has 4 N–H and O–H groups in total. The second-order valence-electron chi connectivity index (χ2n) is 5.94. The zero-order valence-electron chi connectivity index (χ0n) is 10.9. The molecule has 0 heterocycles. The molecule has 2 aliphatic rings. The van der Waals surface area contributed by atoms with Crippen molar-refractivity contribution >= 4 is 5.96 Å². The summed E-state index contributed by atoms with van der Waals surface area (Å²) in [6.07, 6.45) is 12.9. The summed E-state index contributed by atoms with van der Waals surface area (Å²) < 4.78 is 0. The van der Waals surface area contributed by atoms with Gasteiger partial charge in [-0.1, -0.05) is 32.1 Å². The maximum absolute atomic E-state index is 5.38. The molecule has 2 aliphatic carbocycles. The summed E-state index contributed by atoms with van der Waals surface area (Å²) in [5.41, 5.74) is 10.8. The van der Waals surface area contributed by atoms with Crippen LogP contribution in [0.5, 0.6) is 0 Å². The molecule has 2 saturated carbocycles. The fourth-order valence-electron chi connectivity index (χ4n) is 3.68. The number of nitrogens with zero attached hydrogens (tertiary/aromatic N) is 1. The minimum Gasteiger partial charge on any atom is -0.370 e. The van der Waals surface area contributed by atoms with Gasteiger partial charge in [0.25, 0.3) is 0 Å². The van der Waals surface area contributed by atoms with E-state index in [2.05, 4.69) is 4.99 Å². The van der Waals surface area contributed by atoms with E-state index in [-0.39, 0.29) is 5.96 Å². The predicted octanol–water partition coefficient (Wildman–Crippen LogP) is 2.65. The molecule has 2 fully saturated rings. The zero-order valence-corrected chi connectivity index (χ0v) is 10.9. The summed E-state index contributed by atoms with van der Waals surface area (Å²) in [6.45, 7) is 0.847. The van der Waals surface area contributed by atoms with Crippen molar-refractivity contribution in [3.63, 3.8) is 0 Å². The summed E-state index contributed by atoms with van der Waals surface area (Å²) in [5.74, 6) is 3.02. The Kier molecular flexibility index (Phi) is 4.69. The van der Waals surface area contributed by atoms with Crippen molar-refractivity contribution < 1.29 is 0 Å². The van der Waals surface area contributed by atoms with Crippen LogP contribution in [0, 0.1) is 17.8 Å². The van der Waals surface area contributed by atoms with E-state index in [1.54, 1.807) is 0 Å². The molecule has 98 valence electrons. The van der Waals surface area contributed by atoms with E-state index in [1.165, 1.54) is 57.8 Å². The monoisotopic (exact) mass is 237 g/mol. The lowest BCUT2D eigenvalue weighted by molar-refractivity contribution is 0.169. The third-order valence-electron chi connectivity index (χ3n) is 4.74. The Balaban J connectivity index is 1.71. The number of hydrogen-bond donors (Lipinski definition) is 2. The first-order valence-electron chi connectivity index (χ1n) is 7.31. The SMILES string of the molecule is NC(N)=NCC1CCC(C2CCCCC2)CC1. The first kappa shape index (κ1) is 12.7. The van der Waals surface area contributed by atoms with E-state index in [1.807, 2.05) is 0 Å². The van der Waals surface area contributed by atoms with Gasteiger partial charge in [-0.05, 0) is 43.4 Å². The highest BCUT2D eigenvalue weighted by Crippen LogP contribution is 2.39. The van der Waals surface area contributed by atoms with Crippen LogP contribution in [0.2, 0.25) is 0 Å². The summed E-state index contributed by atoms with van der Waals surface area (Å²) >= 11 is 0. The van der Waals surface area contributed by atoms with Gasteiger partial charge in [0, 0.05) is 6.54 Å². The van der Waals surface area contributed by atoms with Gasteiger partial charge in [-0.2, -0.15) is 0 Å². The van der Waals surface area contributed by atoms with Crippen LogP contribution in [0.25, 0.3) is 0 Å². The van der Waals surface area contributed by atoms with E-state index >= 15 is 0 Å². The van der Waals surface area contributed by atoms with Crippen molar-refractivity contribution in [3.8, 4) is 0 Å². The molecule has 2 rings (SSSR count). The van der Waals surface area contributed by atoms with Crippen molar-refractivity contribution in [3.05, 3.63) is 0 Å². The lowest BCUT2D eigenvalue weighted by atomic mass is 9.71. The first-order chi connectivity index (χ1) is 8.25. The summed E-state index contributed by atoms with van der Waals surface area (Å²) in [4.78, 5) is 4.16. The van der Waals surface area contributed by atoms with Gasteiger partial charge in [0.2, 0.25) is 0 Å². The molecule has 0 spiro atoms. The smallest absolute Gasteiger partial charge is 0.185 e. The maximum Gasteiger partial charge on any atom is 0.185 e. The Labute approximate surface area is 105 Å². The molecular formula is C14H27N3. The van der Waals surface area contributed by atoms with Crippen molar-refractivity contribution in [2.75, 3.05) is 6.54 Å². The fraction of sp³-hybridized carbons (Fsp3) is 0.929. The molecule has 0 atom stereocenters. The van der Waals surface area contributed by atoms with Crippen LogP contribution in [-0.4, -0.2) is 12.5 Å². The second-order valence-corrected chi connectivity index (χ2v) is 5.94. The topological polar surface area (TPSA) is 64.4 Å². The van der Waals surface area contributed by atoms with Gasteiger partial charge >= 0.3 is 0 Å². The van der Waals surface area contributed by atoms with Crippen LogP contribution in [-0.2, 0) is 0 Å². The third kappa shape index (κ3) is 3.90. The highest BCUT2D eigenvalue weighted by atomic mass is 15.0. The van der Waals surface area contributed by atoms with Gasteiger partial charge in [-0.3, -0.25) is 4.99 Å². The second kappa shape index (κ2) is 6.27. The van der Waals surface area contributed by atoms with Crippen molar-refractivity contribution in [2.24, 2.45) is 34.2 Å².